The van der Waals surface area contributed by atoms with Gasteiger partial charge in [-0.2, -0.15) is 0 Å². The quantitative estimate of drug-likeness (QED) is 0.551. The molecule has 146 valence electrons. The molecule has 0 bridgehead atoms. The predicted octanol–water partition coefficient (Wildman–Crippen LogP) is 4.81. The molecule has 6 heteroatoms. The first-order chi connectivity index (χ1) is 14.1. The molecule has 0 fully saturated rings. The summed E-state index contributed by atoms with van der Waals surface area (Å²) in [5.74, 6) is 1.25. The number of benzene rings is 2. The van der Waals surface area contributed by atoms with E-state index in [1.807, 2.05) is 31.2 Å². The summed E-state index contributed by atoms with van der Waals surface area (Å²) in [6.07, 6.45) is 1.59. The van der Waals surface area contributed by atoms with Crippen LogP contribution in [-0.4, -0.2) is 18.9 Å². The van der Waals surface area contributed by atoms with Gasteiger partial charge in [0.05, 0.1) is 35.3 Å². The lowest BCUT2D eigenvalue weighted by Crippen LogP contribution is -2.31. The average molecular weight is 405 g/mol. The number of carbonyl (C=O) groups excluding carboxylic acids is 2. The molecular formula is C23H19NO4S. The van der Waals surface area contributed by atoms with Gasteiger partial charge in [0.25, 0.3) is 11.8 Å². The van der Waals surface area contributed by atoms with E-state index in [0.29, 0.717) is 33.2 Å². The number of amides is 2. The molecule has 2 heterocycles. The standard InChI is InChI=1S/C23H19NO4S/c1-15-5-3-6-17(13-15)24-22(25)20(16-8-10-18(27-2)11-9-16)21(23(24)26)29-14-19-7-4-12-28-19/h3-13H,14H2,1-2H3. The molecular weight excluding hydrogens is 386 g/mol. The number of nitrogens with zero attached hydrogens (tertiary/aromatic N) is 1. The zero-order chi connectivity index (χ0) is 20.4. The van der Waals surface area contributed by atoms with Crippen LogP contribution in [0.4, 0.5) is 5.69 Å². The second kappa shape index (κ2) is 8.01. The highest BCUT2D eigenvalue weighted by Gasteiger charge is 2.40. The van der Waals surface area contributed by atoms with Crippen LogP contribution < -0.4 is 9.64 Å². The largest absolute Gasteiger partial charge is 0.497 e. The summed E-state index contributed by atoms with van der Waals surface area (Å²) in [4.78, 5) is 28.3. The SMILES string of the molecule is COc1ccc(C2=C(SCc3ccco3)C(=O)N(c3cccc(C)c3)C2=O)cc1. The van der Waals surface area contributed by atoms with Crippen molar-refractivity contribution in [3.8, 4) is 5.75 Å². The van der Waals surface area contributed by atoms with Crippen molar-refractivity contribution < 1.29 is 18.7 Å². The molecule has 0 saturated carbocycles. The van der Waals surface area contributed by atoms with Crippen molar-refractivity contribution >= 4 is 34.8 Å². The van der Waals surface area contributed by atoms with E-state index in [-0.39, 0.29) is 11.8 Å². The predicted molar refractivity (Wildman–Crippen MR) is 114 cm³/mol. The van der Waals surface area contributed by atoms with Crippen molar-refractivity contribution in [3.63, 3.8) is 0 Å². The number of imide groups is 1. The lowest BCUT2D eigenvalue weighted by molar-refractivity contribution is -0.119. The fraction of sp³-hybridized carbons (Fsp3) is 0.130. The fourth-order valence-corrected chi connectivity index (χ4v) is 4.21. The topological polar surface area (TPSA) is 59.8 Å². The Balaban J connectivity index is 1.75. The van der Waals surface area contributed by atoms with Gasteiger partial charge in [-0.3, -0.25) is 9.59 Å². The summed E-state index contributed by atoms with van der Waals surface area (Å²) < 4.78 is 10.6. The van der Waals surface area contributed by atoms with E-state index in [0.717, 1.165) is 11.3 Å². The number of carbonyl (C=O) groups is 2. The van der Waals surface area contributed by atoms with Gasteiger partial charge >= 0.3 is 0 Å². The molecule has 29 heavy (non-hydrogen) atoms. The molecule has 0 radical (unpaired) electrons. The number of hydrogen-bond acceptors (Lipinski definition) is 5. The summed E-state index contributed by atoms with van der Waals surface area (Å²) in [5.41, 5.74) is 2.63. The van der Waals surface area contributed by atoms with E-state index >= 15 is 0 Å². The van der Waals surface area contributed by atoms with Gasteiger partial charge in [-0.05, 0) is 54.4 Å². The number of aryl methyl sites for hydroxylation is 1. The normalized spacial score (nSPS) is 14.1. The molecule has 1 aliphatic rings. The van der Waals surface area contributed by atoms with E-state index < -0.39 is 0 Å². The summed E-state index contributed by atoms with van der Waals surface area (Å²) in [5, 5.41) is 0. The first-order valence-electron chi connectivity index (χ1n) is 9.08. The Morgan fingerprint density at radius 2 is 1.79 bits per heavy atom. The molecule has 1 aliphatic heterocycles. The zero-order valence-electron chi connectivity index (χ0n) is 16.0. The molecule has 0 unspecified atom stereocenters. The maximum atomic E-state index is 13.3. The maximum Gasteiger partial charge on any atom is 0.272 e. The smallest absolute Gasteiger partial charge is 0.272 e. The van der Waals surface area contributed by atoms with E-state index in [1.54, 1.807) is 49.8 Å². The molecule has 0 atom stereocenters. The van der Waals surface area contributed by atoms with Gasteiger partial charge in [-0.25, -0.2) is 4.90 Å². The molecule has 0 spiro atoms. The highest BCUT2D eigenvalue weighted by atomic mass is 32.2. The molecule has 4 rings (SSSR count). The molecule has 0 N–H and O–H groups in total. The molecule has 2 aromatic carbocycles. The van der Waals surface area contributed by atoms with Crippen LogP contribution in [-0.2, 0) is 15.3 Å². The van der Waals surface area contributed by atoms with Gasteiger partial charge in [0.15, 0.2) is 0 Å². The van der Waals surface area contributed by atoms with Crippen molar-refractivity contribution in [3.05, 3.63) is 88.7 Å². The monoisotopic (exact) mass is 405 g/mol. The van der Waals surface area contributed by atoms with Gasteiger partial charge in [-0.1, -0.05) is 24.3 Å². The number of ether oxygens (including phenoxy) is 1. The van der Waals surface area contributed by atoms with E-state index in [2.05, 4.69) is 0 Å². The number of thioether (sulfide) groups is 1. The minimum absolute atomic E-state index is 0.317. The minimum atomic E-state index is -0.326. The summed E-state index contributed by atoms with van der Waals surface area (Å²) in [6, 6.07) is 18.2. The number of hydrogen-bond donors (Lipinski definition) is 0. The second-order valence-electron chi connectivity index (χ2n) is 6.59. The van der Waals surface area contributed by atoms with Crippen LogP contribution in [0.25, 0.3) is 5.57 Å². The van der Waals surface area contributed by atoms with Crippen molar-refractivity contribution in [1.29, 1.82) is 0 Å². The second-order valence-corrected chi connectivity index (χ2v) is 7.57. The molecule has 2 amide bonds. The van der Waals surface area contributed by atoms with E-state index in [9.17, 15) is 9.59 Å². The summed E-state index contributed by atoms with van der Waals surface area (Å²) >= 11 is 1.31. The van der Waals surface area contributed by atoms with Crippen LogP contribution >= 0.6 is 11.8 Å². The lowest BCUT2D eigenvalue weighted by Gasteiger charge is -2.15. The Labute approximate surface area is 173 Å². The van der Waals surface area contributed by atoms with E-state index in [4.69, 9.17) is 9.15 Å². The van der Waals surface area contributed by atoms with Gasteiger partial charge < -0.3 is 9.15 Å². The van der Waals surface area contributed by atoms with Crippen molar-refractivity contribution in [1.82, 2.24) is 0 Å². The summed E-state index contributed by atoms with van der Waals surface area (Å²) in [7, 11) is 1.59. The van der Waals surface area contributed by atoms with Crippen LogP contribution in [0.5, 0.6) is 5.75 Å². The molecule has 5 nitrogen and oxygen atoms in total. The number of furan rings is 1. The Morgan fingerprint density at radius 3 is 2.45 bits per heavy atom. The lowest BCUT2D eigenvalue weighted by atomic mass is 10.1. The number of rotatable bonds is 6. The first kappa shape index (κ1) is 19.1. The van der Waals surface area contributed by atoms with Crippen molar-refractivity contribution in [2.24, 2.45) is 0 Å². The van der Waals surface area contributed by atoms with Crippen molar-refractivity contribution in [2.75, 3.05) is 12.0 Å². The number of anilines is 1. The van der Waals surface area contributed by atoms with Crippen LogP contribution in [0, 0.1) is 6.92 Å². The minimum Gasteiger partial charge on any atom is -0.497 e. The first-order valence-corrected chi connectivity index (χ1v) is 10.1. The summed E-state index contributed by atoms with van der Waals surface area (Å²) in [6.45, 7) is 1.93. The Bertz CT molecular complexity index is 1080. The van der Waals surface area contributed by atoms with Gasteiger partial charge in [-0.15, -0.1) is 11.8 Å². The van der Waals surface area contributed by atoms with Crippen LogP contribution in [0.15, 0.2) is 76.2 Å². The third-order valence-corrected chi connectivity index (χ3v) is 5.72. The van der Waals surface area contributed by atoms with Gasteiger partial charge in [0.1, 0.15) is 11.5 Å². The zero-order valence-corrected chi connectivity index (χ0v) is 16.9. The highest BCUT2D eigenvalue weighted by Crippen LogP contribution is 2.40. The Morgan fingerprint density at radius 1 is 1.00 bits per heavy atom. The Hall–Kier alpha value is -3.25. The highest BCUT2D eigenvalue weighted by molar-refractivity contribution is 8.03. The van der Waals surface area contributed by atoms with Gasteiger partial charge in [0.2, 0.25) is 0 Å². The third-order valence-electron chi connectivity index (χ3n) is 4.62. The van der Waals surface area contributed by atoms with Gasteiger partial charge in [0, 0.05) is 0 Å². The molecule has 3 aromatic rings. The Kier molecular flexibility index (Phi) is 5.27. The average Bonchev–Trinajstić information content (AvgIpc) is 3.32. The van der Waals surface area contributed by atoms with Crippen molar-refractivity contribution in [2.45, 2.75) is 12.7 Å². The van der Waals surface area contributed by atoms with Crippen LogP contribution in [0.2, 0.25) is 0 Å². The maximum absolute atomic E-state index is 13.3. The number of methoxy groups -OCH3 is 1. The molecule has 1 aromatic heterocycles. The van der Waals surface area contributed by atoms with Crippen LogP contribution in [0.3, 0.4) is 0 Å². The third kappa shape index (κ3) is 3.71. The van der Waals surface area contributed by atoms with Crippen LogP contribution in [0.1, 0.15) is 16.9 Å². The fourth-order valence-electron chi connectivity index (χ4n) is 3.20. The van der Waals surface area contributed by atoms with E-state index in [1.165, 1.54) is 16.7 Å². The molecule has 0 aliphatic carbocycles. The molecule has 0 saturated heterocycles.